The quantitative estimate of drug-likeness (QED) is 0.663. The summed E-state index contributed by atoms with van der Waals surface area (Å²) in [6.07, 6.45) is 3.58. The van der Waals surface area contributed by atoms with Crippen LogP contribution in [0.15, 0.2) is 29.8 Å². The number of methoxy groups -OCH3 is 1. The van der Waals surface area contributed by atoms with Gasteiger partial charge in [-0.3, -0.25) is 4.79 Å². The van der Waals surface area contributed by atoms with E-state index < -0.39 is 0 Å². The number of nitrogens with one attached hydrogen (secondary N) is 1. The molecule has 0 aromatic heterocycles. The number of nitriles is 1. The Morgan fingerprint density at radius 2 is 2.48 bits per heavy atom. The smallest absolute Gasteiger partial charge is 0.262 e. The summed E-state index contributed by atoms with van der Waals surface area (Å²) < 4.78 is 10.5. The summed E-state index contributed by atoms with van der Waals surface area (Å²) in [7, 11) is 1.57. The first-order chi connectivity index (χ1) is 10.2. The van der Waals surface area contributed by atoms with E-state index in [1.807, 2.05) is 18.2 Å². The second-order valence-corrected chi connectivity index (χ2v) is 4.79. The van der Waals surface area contributed by atoms with E-state index in [2.05, 4.69) is 5.32 Å². The van der Waals surface area contributed by atoms with E-state index in [-0.39, 0.29) is 17.6 Å². The lowest BCUT2D eigenvalue weighted by Crippen LogP contribution is -2.32. The lowest BCUT2D eigenvalue weighted by atomic mass is 10.1. The maximum absolute atomic E-state index is 12.0. The molecule has 0 saturated carbocycles. The van der Waals surface area contributed by atoms with E-state index in [9.17, 15) is 4.79 Å². The van der Waals surface area contributed by atoms with Gasteiger partial charge in [0.25, 0.3) is 5.91 Å². The zero-order valence-corrected chi connectivity index (χ0v) is 12.0. The zero-order chi connectivity index (χ0) is 15.1. The number of carbonyl (C=O) groups excluding carboxylic acids is 1. The number of nitrogens with zero attached hydrogens (tertiary/aromatic N) is 1. The molecule has 1 N–H and O–H groups in total. The number of ether oxygens (including phenoxy) is 2. The van der Waals surface area contributed by atoms with Crippen molar-refractivity contribution in [2.75, 3.05) is 20.3 Å². The summed E-state index contributed by atoms with van der Waals surface area (Å²) >= 11 is 0. The van der Waals surface area contributed by atoms with E-state index in [0.29, 0.717) is 12.3 Å². The standard InChI is InChI=1S/C16H18N2O3/c1-20-14-5-2-4-12(9-14)8-13(10-17)16(19)18-11-15-6-3-7-21-15/h2,4-5,8-9,15H,3,6-7,11H2,1H3,(H,18,19)/b13-8+/t15-/m0/s1. The number of amides is 1. The van der Waals surface area contributed by atoms with E-state index in [1.165, 1.54) is 0 Å². The van der Waals surface area contributed by atoms with E-state index in [1.54, 1.807) is 25.3 Å². The van der Waals surface area contributed by atoms with Crippen LogP contribution in [0.4, 0.5) is 0 Å². The van der Waals surface area contributed by atoms with Gasteiger partial charge < -0.3 is 14.8 Å². The minimum Gasteiger partial charge on any atom is -0.497 e. The SMILES string of the molecule is COc1cccc(/C=C(\C#N)C(=O)NC[C@@H]2CCCO2)c1. The fourth-order valence-corrected chi connectivity index (χ4v) is 2.15. The molecule has 110 valence electrons. The molecule has 1 heterocycles. The molecule has 0 radical (unpaired) electrons. The van der Waals surface area contributed by atoms with Gasteiger partial charge in [0.15, 0.2) is 0 Å². The first-order valence-corrected chi connectivity index (χ1v) is 6.88. The highest BCUT2D eigenvalue weighted by Crippen LogP contribution is 2.15. The van der Waals surface area contributed by atoms with Crippen molar-refractivity contribution in [3.05, 3.63) is 35.4 Å². The number of hydrogen-bond donors (Lipinski definition) is 1. The van der Waals surface area contributed by atoms with Crippen LogP contribution in [-0.4, -0.2) is 32.3 Å². The molecule has 2 rings (SSSR count). The van der Waals surface area contributed by atoms with Crippen LogP contribution in [0.2, 0.25) is 0 Å². The van der Waals surface area contributed by atoms with Gasteiger partial charge in [-0.05, 0) is 36.6 Å². The maximum Gasteiger partial charge on any atom is 0.262 e. The van der Waals surface area contributed by atoms with Crippen LogP contribution in [0.1, 0.15) is 18.4 Å². The van der Waals surface area contributed by atoms with Crippen LogP contribution < -0.4 is 10.1 Å². The second kappa shape index (κ2) is 7.46. The summed E-state index contributed by atoms with van der Waals surface area (Å²) in [5, 5.41) is 11.9. The minimum absolute atomic E-state index is 0.0608. The Balaban J connectivity index is 2.01. The molecular weight excluding hydrogens is 268 g/mol. The molecular formula is C16H18N2O3. The first kappa shape index (κ1) is 15.1. The molecule has 1 aromatic rings. The molecule has 1 amide bonds. The largest absolute Gasteiger partial charge is 0.497 e. The molecule has 1 aliphatic heterocycles. The van der Waals surface area contributed by atoms with Crippen molar-refractivity contribution in [2.45, 2.75) is 18.9 Å². The van der Waals surface area contributed by atoms with Crippen molar-refractivity contribution in [1.82, 2.24) is 5.32 Å². The Morgan fingerprint density at radius 1 is 1.62 bits per heavy atom. The van der Waals surface area contributed by atoms with Crippen molar-refractivity contribution in [3.63, 3.8) is 0 Å². The predicted octanol–water partition coefficient (Wildman–Crippen LogP) is 1.90. The van der Waals surface area contributed by atoms with Gasteiger partial charge in [-0.25, -0.2) is 0 Å². The third-order valence-electron chi connectivity index (χ3n) is 3.28. The third-order valence-corrected chi connectivity index (χ3v) is 3.28. The summed E-state index contributed by atoms with van der Waals surface area (Å²) in [6.45, 7) is 1.18. The molecule has 21 heavy (non-hydrogen) atoms. The third kappa shape index (κ3) is 4.33. The van der Waals surface area contributed by atoms with Crippen LogP contribution >= 0.6 is 0 Å². The van der Waals surface area contributed by atoms with Gasteiger partial charge in [0, 0.05) is 13.2 Å². The molecule has 1 fully saturated rings. The summed E-state index contributed by atoms with van der Waals surface area (Å²) in [5.41, 5.74) is 0.819. The monoisotopic (exact) mass is 286 g/mol. The van der Waals surface area contributed by atoms with Crippen LogP contribution in [0.3, 0.4) is 0 Å². The van der Waals surface area contributed by atoms with E-state index >= 15 is 0 Å². The van der Waals surface area contributed by atoms with Crippen molar-refractivity contribution in [3.8, 4) is 11.8 Å². The van der Waals surface area contributed by atoms with Crippen molar-refractivity contribution >= 4 is 12.0 Å². The normalized spacial score (nSPS) is 18.1. The van der Waals surface area contributed by atoms with Gasteiger partial charge in [-0.15, -0.1) is 0 Å². The Hall–Kier alpha value is -2.32. The Labute approximate surface area is 124 Å². The molecule has 0 spiro atoms. The van der Waals surface area contributed by atoms with Gasteiger partial charge in [0.2, 0.25) is 0 Å². The topological polar surface area (TPSA) is 71.3 Å². The van der Waals surface area contributed by atoms with Crippen LogP contribution in [0.5, 0.6) is 5.75 Å². The fraction of sp³-hybridized carbons (Fsp3) is 0.375. The molecule has 5 nitrogen and oxygen atoms in total. The molecule has 0 aliphatic carbocycles. The zero-order valence-electron chi connectivity index (χ0n) is 12.0. The van der Waals surface area contributed by atoms with Gasteiger partial charge >= 0.3 is 0 Å². The highest BCUT2D eigenvalue weighted by molar-refractivity contribution is 6.01. The minimum atomic E-state index is -0.379. The molecule has 0 unspecified atom stereocenters. The van der Waals surface area contributed by atoms with Crippen LogP contribution in [0, 0.1) is 11.3 Å². The first-order valence-electron chi connectivity index (χ1n) is 6.88. The Bertz CT molecular complexity index is 569. The molecule has 0 bridgehead atoms. The van der Waals surface area contributed by atoms with Crippen molar-refractivity contribution in [2.24, 2.45) is 0 Å². The molecule has 1 atom stereocenters. The van der Waals surface area contributed by atoms with Gasteiger partial charge in [-0.2, -0.15) is 5.26 Å². The van der Waals surface area contributed by atoms with Gasteiger partial charge in [-0.1, -0.05) is 12.1 Å². The molecule has 5 heteroatoms. The fourth-order valence-electron chi connectivity index (χ4n) is 2.15. The maximum atomic E-state index is 12.0. The summed E-state index contributed by atoms with van der Waals surface area (Å²) in [5.74, 6) is 0.302. The second-order valence-electron chi connectivity index (χ2n) is 4.79. The van der Waals surface area contributed by atoms with E-state index in [0.717, 1.165) is 25.0 Å². The molecule has 1 saturated heterocycles. The average Bonchev–Trinajstić information content (AvgIpc) is 3.04. The molecule has 1 aliphatic rings. The Morgan fingerprint density at radius 3 is 3.14 bits per heavy atom. The number of hydrogen-bond acceptors (Lipinski definition) is 4. The van der Waals surface area contributed by atoms with Gasteiger partial charge in [0.1, 0.15) is 17.4 Å². The van der Waals surface area contributed by atoms with Crippen LogP contribution in [-0.2, 0) is 9.53 Å². The summed E-state index contributed by atoms with van der Waals surface area (Å²) in [6, 6.07) is 9.13. The highest BCUT2D eigenvalue weighted by Gasteiger charge is 2.17. The highest BCUT2D eigenvalue weighted by atomic mass is 16.5. The van der Waals surface area contributed by atoms with E-state index in [4.69, 9.17) is 14.7 Å². The summed E-state index contributed by atoms with van der Waals surface area (Å²) in [4.78, 5) is 12.0. The lowest BCUT2D eigenvalue weighted by molar-refractivity contribution is -0.117. The van der Waals surface area contributed by atoms with Crippen molar-refractivity contribution < 1.29 is 14.3 Å². The van der Waals surface area contributed by atoms with Crippen molar-refractivity contribution in [1.29, 1.82) is 5.26 Å². The molecule has 1 aromatic carbocycles. The number of carbonyl (C=O) groups is 1. The number of rotatable bonds is 5. The predicted molar refractivity (Wildman–Crippen MR) is 78.6 cm³/mol. The van der Waals surface area contributed by atoms with Gasteiger partial charge in [0.05, 0.1) is 13.2 Å². The lowest BCUT2D eigenvalue weighted by Gasteiger charge is -2.10. The average molecular weight is 286 g/mol. The van der Waals surface area contributed by atoms with Crippen LogP contribution in [0.25, 0.3) is 6.08 Å². The number of benzene rings is 1. The Kier molecular flexibility index (Phi) is 5.35.